The first-order chi connectivity index (χ1) is 9.36. The number of nitrogens with zero attached hydrogens (tertiary/aromatic N) is 2. The van der Waals surface area contributed by atoms with Crippen LogP contribution in [0.15, 0.2) is 18.3 Å². The molecule has 1 saturated heterocycles. The molecule has 1 aliphatic rings. The Kier molecular flexibility index (Phi) is 5.64. The van der Waals surface area contributed by atoms with Gasteiger partial charge < -0.3 is 5.32 Å². The summed E-state index contributed by atoms with van der Waals surface area (Å²) in [6.45, 7) is 7.91. The maximum Gasteiger partial charge on any atom is 0.130 e. The molecule has 19 heavy (non-hydrogen) atoms. The molecule has 0 aromatic carbocycles. The summed E-state index contributed by atoms with van der Waals surface area (Å²) in [5, 5.41) is 3.49. The Labute approximate surface area is 117 Å². The van der Waals surface area contributed by atoms with E-state index < -0.39 is 0 Å². The van der Waals surface area contributed by atoms with E-state index in [2.05, 4.69) is 41.2 Å². The Bertz CT molecular complexity index is 376. The Morgan fingerprint density at radius 1 is 1.32 bits per heavy atom. The predicted octanol–water partition coefficient (Wildman–Crippen LogP) is 3.84. The number of pyridine rings is 1. The Morgan fingerprint density at radius 3 is 3.00 bits per heavy atom. The third kappa shape index (κ3) is 3.69. The van der Waals surface area contributed by atoms with E-state index in [1.807, 2.05) is 6.20 Å². The van der Waals surface area contributed by atoms with Gasteiger partial charge in [-0.25, -0.2) is 4.98 Å². The molecule has 1 fully saturated rings. The van der Waals surface area contributed by atoms with Crippen LogP contribution < -0.4 is 5.32 Å². The Balaban J connectivity index is 2.17. The van der Waals surface area contributed by atoms with Gasteiger partial charge in [-0.15, -0.1) is 0 Å². The van der Waals surface area contributed by atoms with Crippen molar-refractivity contribution in [2.75, 3.05) is 25.0 Å². The summed E-state index contributed by atoms with van der Waals surface area (Å²) in [4.78, 5) is 7.18. The highest BCUT2D eigenvalue weighted by Gasteiger charge is 2.25. The van der Waals surface area contributed by atoms with Gasteiger partial charge in [0.05, 0.1) is 0 Å². The van der Waals surface area contributed by atoms with Gasteiger partial charge in [-0.05, 0) is 44.8 Å². The lowest BCUT2D eigenvalue weighted by Crippen LogP contribution is -2.34. The van der Waals surface area contributed by atoms with E-state index in [4.69, 9.17) is 0 Å². The average Bonchev–Trinajstić information content (AvgIpc) is 2.46. The lowest BCUT2D eigenvalue weighted by atomic mass is 9.95. The highest BCUT2D eigenvalue weighted by atomic mass is 15.2. The summed E-state index contributed by atoms with van der Waals surface area (Å²) in [7, 11) is 0. The SMILES string of the molecule is CCCNc1ncccc1C1CCCCN1CCC. The first-order valence-electron chi connectivity index (χ1n) is 7.79. The summed E-state index contributed by atoms with van der Waals surface area (Å²) in [6.07, 6.45) is 8.22. The molecule has 1 aromatic heterocycles. The summed E-state index contributed by atoms with van der Waals surface area (Å²) in [5.74, 6) is 1.09. The van der Waals surface area contributed by atoms with Crippen molar-refractivity contribution in [2.24, 2.45) is 0 Å². The summed E-state index contributed by atoms with van der Waals surface area (Å²) in [6, 6.07) is 4.89. The quantitative estimate of drug-likeness (QED) is 0.843. The van der Waals surface area contributed by atoms with Crippen LogP contribution in [0.2, 0.25) is 0 Å². The fourth-order valence-electron chi connectivity index (χ4n) is 2.98. The van der Waals surface area contributed by atoms with E-state index in [0.29, 0.717) is 6.04 Å². The number of hydrogen-bond acceptors (Lipinski definition) is 3. The molecule has 3 heteroatoms. The van der Waals surface area contributed by atoms with Crippen LogP contribution in [0.25, 0.3) is 0 Å². The van der Waals surface area contributed by atoms with Crippen molar-refractivity contribution in [1.82, 2.24) is 9.88 Å². The Hall–Kier alpha value is -1.09. The molecule has 0 aliphatic carbocycles. The van der Waals surface area contributed by atoms with Crippen LogP contribution in [0.4, 0.5) is 5.82 Å². The standard InChI is InChI=1S/C16H27N3/c1-3-10-17-16-14(8-7-11-18-16)15-9-5-6-13-19(15)12-4-2/h7-8,11,15H,3-6,9-10,12-13H2,1-2H3,(H,17,18). The molecule has 2 rings (SSSR count). The largest absolute Gasteiger partial charge is 0.370 e. The van der Waals surface area contributed by atoms with Crippen LogP contribution in [-0.2, 0) is 0 Å². The van der Waals surface area contributed by atoms with Crippen molar-refractivity contribution in [2.45, 2.75) is 52.0 Å². The highest BCUT2D eigenvalue weighted by Crippen LogP contribution is 2.34. The molecule has 0 radical (unpaired) electrons. The van der Waals surface area contributed by atoms with Crippen molar-refractivity contribution >= 4 is 5.82 Å². The molecular formula is C16H27N3. The molecule has 0 spiro atoms. The van der Waals surface area contributed by atoms with Gasteiger partial charge >= 0.3 is 0 Å². The maximum absolute atomic E-state index is 4.55. The zero-order valence-corrected chi connectivity index (χ0v) is 12.4. The van der Waals surface area contributed by atoms with E-state index in [1.54, 1.807) is 0 Å². The third-order valence-corrected chi connectivity index (χ3v) is 3.86. The third-order valence-electron chi connectivity index (χ3n) is 3.86. The molecule has 0 bridgehead atoms. The van der Waals surface area contributed by atoms with Gasteiger partial charge in [0.25, 0.3) is 0 Å². The monoisotopic (exact) mass is 261 g/mol. The zero-order valence-electron chi connectivity index (χ0n) is 12.4. The van der Waals surface area contributed by atoms with Gasteiger partial charge in [0.15, 0.2) is 0 Å². The van der Waals surface area contributed by atoms with E-state index >= 15 is 0 Å². The molecule has 2 heterocycles. The molecule has 0 amide bonds. The van der Waals surface area contributed by atoms with E-state index in [1.165, 1.54) is 44.3 Å². The van der Waals surface area contributed by atoms with Gasteiger partial charge in [0.1, 0.15) is 5.82 Å². The van der Waals surface area contributed by atoms with Crippen LogP contribution in [0.5, 0.6) is 0 Å². The fraction of sp³-hybridized carbons (Fsp3) is 0.688. The zero-order chi connectivity index (χ0) is 13.5. The molecule has 1 unspecified atom stereocenters. The van der Waals surface area contributed by atoms with E-state index in [0.717, 1.165) is 18.8 Å². The second kappa shape index (κ2) is 7.49. The molecular weight excluding hydrogens is 234 g/mol. The molecule has 3 nitrogen and oxygen atoms in total. The van der Waals surface area contributed by atoms with E-state index in [-0.39, 0.29) is 0 Å². The summed E-state index contributed by atoms with van der Waals surface area (Å²) < 4.78 is 0. The number of piperidine rings is 1. The van der Waals surface area contributed by atoms with Gasteiger partial charge in [-0.2, -0.15) is 0 Å². The second-order valence-electron chi connectivity index (χ2n) is 5.42. The van der Waals surface area contributed by atoms with E-state index in [9.17, 15) is 0 Å². The summed E-state index contributed by atoms with van der Waals surface area (Å²) >= 11 is 0. The van der Waals surface area contributed by atoms with Gasteiger partial charge in [0, 0.05) is 24.3 Å². The van der Waals surface area contributed by atoms with Gasteiger partial charge in [0.2, 0.25) is 0 Å². The average molecular weight is 261 g/mol. The lowest BCUT2D eigenvalue weighted by Gasteiger charge is -2.36. The minimum Gasteiger partial charge on any atom is -0.370 e. The molecule has 1 atom stereocenters. The molecule has 106 valence electrons. The minimum absolute atomic E-state index is 0.557. The van der Waals surface area contributed by atoms with Crippen molar-refractivity contribution in [3.05, 3.63) is 23.9 Å². The predicted molar refractivity (Wildman–Crippen MR) is 81.5 cm³/mol. The molecule has 1 N–H and O–H groups in total. The number of rotatable bonds is 6. The first kappa shape index (κ1) is 14.3. The molecule has 1 aliphatic heterocycles. The summed E-state index contributed by atoms with van der Waals surface area (Å²) in [5.41, 5.74) is 1.39. The van der Waals surface area contributed by atoms with Crippen LogP contribution in [0.3, 0.4) is 0 Å². The maximum atomic E-state index is 4.55. The smallest absolute Gasteiger partial charge is 0.130 e. The van der Waals surface area contributed by atoms with Crippen molar-refractivity contribution < 1.29 is 0 Å². The normalized spacial score (nSPS) is 20.4. The molecule has 0 saturated carbocycles. The topological polar surface area (TPSA) is 28.2 Å². The number of likely N-dealkylation sites (tertiary alicyclic amines) is 1. The minimum atomic E-state index is 0.557. The highest BCUT2D eigenvalue weighted by molar-refractivity contribution is 5.45. The van der Waals surface area contributed by atoms with Crippen LogP contribution in [-0.4, -0.2) is 29.5 Å². The molecule has 1 aromatic rings. The lowest BCUT2D eigenvalue weighted by molar-refractivity contribution is 0.149. The second-order valence-corrected chi connectivity index (χ2v) is 5.42. The van der Waals surface area contributed by atoms with Crippen molar-refractivity contribution in [3.63, 3.8) is 0 Å². The Morgan fingerprint density at radius 2 is 2.21 bits per heavy atom. The first-order valence-corrected chi connectivity index (χ1v) is 7.79. The number of hydrogen-bond donors (Lipinski definition) is 1. The van der Waals surface area contributed by atoms with Crippen LogP contribution in [0, 0.1) is 0 Å². The number of aromatic nitrogens is 1. The fourth-order valence-corrected chi connectivity index (χ4v) is 2.98. The number of nitrogens with one attached hydrogen (secondary N) is 1. The van der Waals surface area contributed by atoms with Crippen molar-refractivity contribution in [1.29, 1.82) is 0 Å². The van der Waals surface area contributed by atoms with Crippen LogP contribution >= 0.6 is 0 Å². The van der Waals surface area contributed by atoms with Gasteiger partial charge in [-0.1, -0.05) is 26.3 Å². The van der Waals surface area contributed by atoms with Gasteiger partial charge in [-0.3, -0.25) is 4.90 Å². The van der Waals surface area contributed by atoms with Crippen LogP contribution in [0.1, 0.15) is 57.6 Å². The van der Waals surface area contributed by atoms with Crippen molar-refractivity contribution in [3.8, 4) is 0 Å². The number of anilines is 1.